The molecule has 0 radical (unpaired) electrons. The van der Waals surface area contributed by atoms with Crippen molar-refractivity contribution in [2.75, 3.05) is 13.1 Å². The first kappa shape index (κ1) is 13.1. The lowest BCUT2D eigenvalue weighted by Gasteiger charge is -2.35. The van der Waals surface area contributed by atoms with Crippen molar-refractivity contribution in [3.8, 4) is 6.07 Å². The molecule has 2 atom stereocenters. The van der Waals surface area contributed by atoms with E-state index in [0.717, 1.165) is 24.9 Å². The minimum absolute atomic E-state index is 0.0803. The molecule has 2 saturated heterocycles. The zero-order valence-electron chi connectivity index (χ0n) is 11.1. The molecule has 3 rings (SSSR count). The second-order valence-electron chi connectivity index (χ2n) is 5.46. The van der Waals surface area contributed by atoms with Gasteiger partial charge in [-0.05, 0) is 37.1 Å². The molecule has 1 aromatic carbocycles. The van der Waals surface area contributed by atoms with Crippen molar-refractivity contribution in [3.63, 3.8) is 0 Å². The van der Waals surface area contributed by atoms with Gasteiger partial charge in [-0.2, -0.15) is 5.26 Å². The number of nitriles is 1. The molecule has 104 valence electrons. The molecule has 0 saturated carbocycles. The van der Waals surface area contributed by atoms with E-state index in [9.17, 15) is 9.18 Å². The number of likely N-dealkylation sites (tertiary alicyclic amines) is 1. The van der Waals surface area contributed by atoms with Gasteiger partial charge in [-0.3, -0.25) is 9.69 Å². The van der Waals surface area contributed by atoms with Gasteiger partial charge in [-0.1, -0.05) is 6.07 Å². The Morgan fingerprint density at radius 3 is 3.15 bits per heavy atom. The molecule has 1 aromatic rings. The molecule has 2 aliphatic heterocycles. The summed E-state index contributed by atoms with van der Waals surface area (Å²) in [4.78, 5) is 14.0. The Bertz CT molecular complexity index is 581. The van der Waals surface area contributed by atoms with Crippen LogP contribution in [0.15, 0.2) is 18.2 Å². The maximum absolute atomic E-state index is 13.3. The summed E-state index contributed by atoms with van der Waals surface area (Å²) in [6.07, 6.45) is 1.95. The lowest BCUT2D eigenvalue weighted by atomic mass is 9.91. The molecule has 2 heterocycles. The van der Waals surface area contributed by atoms with Gasteiger partial charge >= 0.3 is 0 Å². The minimum Gasteiger partial charge on any atom is -0.354 e. The number of rotatable bonds is 2. The van der Waals surface area contributed by atoms with Crippen LogP contribution in [0.4, 0.5) is 4.39 Å². The molecule has 4 nitrogen and oxygen atoms in total. The van der Waals surface area contributed by atoms with Gasteiger partial charge in [-0.25, -0.2) is 4.39 Å². The Kier molecular flexibility index (Phi) is 3.41. The molecule has 2 aliphatic rings. The maximum atomic E-state index is 13.3. The lowest BCUT2D eigenvalue weighted by Crippen LogP contribution is -2.44. The number of carbonyl (C=O) groups excluding carboxylic acids is 1. The fraction of sp³-hybridized carbons (Fsp3) is 0.467. The summed E-state index contributed by atoms with van der Waals surface area (Å²) in [6, 6.07) is 6.75. The predicted molar refractivity (Wildman–Crippen MR) is 71.0 cm³/mol. The van der Waals surface area contributed by atoms with Crippen LogP contribution in [-0.2, 0) is 11.3 Å². The number of fused-ring (bicyclic) bond motifs is 1. The van der Waals surface area contributed by atoms with Crippen molar-refractivity contribution in [3.05, 3.63) is 35.1 Å². The van der Waals surface area contributed by atoms with Crippen LogP contribution in [0.2, 0.25) is 0 Å². The first-order chi connectivity index (χ1) is 9.69. The second-order valence-corrected chi connectivity index (χ2v) is 5.46. The zero-order valence-corrected chi connectivity index (χ0v) is 11.1. The van der Waals surface area contributed by atoms with Crippen LogP contribution in [0.25, 0.3) is 0 Å². The third-order valence-corrected chi connectivity index (χ3v) is 4.25. The van der Waals surface area contributed by atoms with Crippen LogP contribution in [0.5, 0.6) is 0 Å². The topological polar surface area (TPSA) is 56.1 Å². The van der Waals surface area contributed by atoms with Gasteiger partial charge in [0.2, 0.25) is 5.91 Å². The molecular weight excluding hydrogens is 257 g/mol. The van der Waals surface area contributed by atoms with E-state index in [1.54, 1.807) is 12.1 Å². The van der Waals surface area contributed by atoms with Crippen LogP contribution in [-0.4, -0.2) is 29.9 Å². The molecule has 0 aliphatic carbocycles. The van der Waals surface area contributed by atoms with E-state index in [2.05, 4.69) is 10.2 Å². The molecule has 20 heavy (non-hydrogen) atoms. The van der Waals surface area contributed by atoms with Crippen molar-refractivity contribution in [2.24, 2.45) is 5.92 Å². The van der Waals surface area contributed by atoms with Crippen LogP contribution < -0.4 is 5.32 Å². The number of halogens is 1. The number of piperidine rings is 1. The summed E-state index contributed by atoms with van der Waals surface area (Å²) in [7, 11) is 0. The predicted octanol–water partition coefficient (Wildman–Crippen LogP) is 1.41. The Balaban J connectivity index is 1.77. The highest BCUT2D eigenvalue weighted by Crippen LogP contribution is 2.28. The fourth-order valence-corrected chi connectivity index (χ4v) is 3.23. The number of amides is 1. The van der Waals surface area contributed by atoms with Gasteiger partial charge < -0.3 is 5.32 Å². The summed E-state index contributed by atoms with van der Waals surface area (Å²) in [5.41, 5.74) is 1.000. The molecule has 2 fully saturated rings. The van der Waals surface area contributed by atoms with Gasteiger partial charge in [0.15, 0.2) is 0 Å². The maximum Gasteiger partial charge on any atom is 0.224 e. The van der Waals surface area contributed by atoms with Crippen molar-refractivity contribution in [1.29, 1.82) is 5.26 Å². The number of nitrogens with zero attached hydrogens (tertiary/aromatic N) is 2. The Labute approximate surface area is 117 Å². The minimum atomic E-state index is -0.481. The first-order valence-corrected chi connectivity index (χ1v) is 6.89. The average molecular weight is 273 g/mol. The molecule has 1 amide bonds. The number of benzene rings is 1. The molecule has 5 heteroatoms. The summed E-state index contributed by atoms with van der Waals surface area (Å²) in [5, 5.41) is 11.8. The van der Waals surface area contributed by atoms with E-state index < -0.39 is 5.82 Å². The van der Waals surface area contributed by atoms with Gasteiger partial charge in [0.25, 0.3) is 0 Å². The van der Waals surface area contributed by atoms with E-state index in [1.165, 1.54) is 6.07 Å². The fourth-order valence-electron chi connectivity index (χ4n) is 3.23. The number of hydrogen-bond acceptors (Lipinski definition) is 3. The third-order valence-electron chi connectivity index (χ3n) is 4.25. The van der Waals surface area contributed by atoms with Crippen molar-refractivity contribution in [1.82, 2.24) is 10.2 Å². The molecule has 0 spiro atoms. The molecule has 2 unspecified atom stereocenters. The monoisotopic (exact) mass is 273 g/mol. The third kappa shape index (κ3) is 2.27. The highest BCUT2D eigenvalue weighted by Gasteiger charge is 2.40. The Morgan fingerprint density at radius 1 is 1.50 bits per heavy atom. The molecule has 0 aromatic heterocycles. The van der Waals surface area contributed by atoms with E-state index in [-0.39, 0.29) is 23.4 Å². The van der Waals surface area contributed by atoms with Gasteiger partial charge in [0.1, 0.15) is 11.9 Å². The SMILES string of the molecule is N#Cc1cc(CN2CCCC3C(=O)NCC32)ccc1F. The number of nitrogens with one attached hydrogen (secondary N) is 1. The average Bonchev–Trinajstić information content (AvgIpc) is 2.84. The van der Waals surface area contributed by atoms with Gasteiger partial charge in [-0.15, -0.1) is 0 Å². The van der Waals surface area contributed by atoms with Crippen LogP contribution in [0.3, 0.4) is 0 Å². The summed E-state index contributed by atoms with van der Waals surface area (Å²) >= 11 is 0. The van der Waals surface area contributed by atoms with Crippen LogP contribution >= 0.6 is 0 Å². The van der Waals surface area contributed by atoms with Gasteiger partial charge in [0, 0.05) is 19.1 Å². The van der Waals surface area contributed by atoms with Crippen LogP contribution in [0.1, 0.15) is 24.0 Å². The number of hydrogen-bond donors (Lipinski definition) is 1. The van der Waals surface area contributed by atoms with E-state index >= 15 is 0 Å². The quantitative estimate of drug-likeness (QED) is 0.886. The highest BCUT2D eigenvalue weighted by atomic mass is 19.1. The smallest absolute Gasteiger partial charge is 0.224 e. The first-order valence-electron chi connectivity index (χ1n) is 6.89. The highest BCUT2D eigenvalue weighted by molar-refractivity contribution is 5.82. The van der Waals surface area contributed by atoms with Crippen LogP contribution in [0, 0.1) is 23.1 Å². The van der Waals surface area contributed by atoms with Crippen molar-refractivity contribution >= 4 is 5.91 Å². The largest absolute Gasteiger partial charge is 0.354 e. The van der Waals surface area contributed by atoms with Crippen molar-refractivity contribution in [2.45, 2.75) is 25.4 Å². The summed E-state index contributed by atoms with van der Waals surface area (Å²) in [6.45, 7) is 2.29. The standard InChI is InChI=1S/C15H16FN3O/c16-13-4-3-10(6-11(13)7-17)9-19-5-1-2-12-14(19)8-18-15(12)20/h3-4,6,12,14H,1-2,5,8-9H2,(H,18,20). The Morgan fingerprint density at radius 2 is 2.35 bits per heavy atom. The van der Waals surface area contributed by atoms with Gasteiger partial charge in [0.05, 0.1) is 11.5 Å². The van der Waals surface area contributed by atoms with E-state index in [1.807, 2.05) is 6.07 Å². The summed E-state index contributed by atoms with van der Waals surface area (Å²) in [5.74, 6) is -0.248. The molecule has 0 bridgehead atoms. The lowest BCUT2D eigenvalue weighted by molar-refractivity contribution is -0.124. The van der Waals surface area contributed by atoms with E-state index in [4.69, 9.17) is 5.26 Å². The van der Waals surface area contributed by atoms with E-state index in [0.29, 0.717) is 13.1 Å². The summed E-state index contributed by atoms with van der Waals surface area (Å²) < 4.78 is 13.3. The van der Waals surface area contributed by atoms with Crippen molar-refractivity contribution < 1.29 is 9.18 Å². The number of carbonyl (C=O) groups is 1. The Hall–Kier alpha value is -1.93. The zero-order chi connectivity index (χ0) is 14.1. The molecular formula is C15H16FN3O. The second kappa shape index (κ2) is 5.22. The normalized spacial score (nSPS) is 25.9. The molecule has 1 N–H and O–H groups in total.